The Kier molecular flexibility index (Phi) is 4.69. The minimum Gasteiger partial charge on any atom is -0.461 e. The fourth-order valence-electron chi connectivity index (χ4n) is 2.49. The molecule has 4 aromatic rings. The standard InChI is InChI=1S/C16H14N6O2S2/c17-19-13(23)9-25-16-21-20-14(26-16)8-22-11-5-2-1-4-10(11)18-15(22)12-6-3-7-24-12/h1-7H,8-9,17H2,(H,19,23). The molecule has 0 fully saturated rings. The van der Waals surface area contributed by atoms with Gasteiger partial charge in [-0.1, -0.05) is 35.2 Å². The van der Waals surface area contributed by atoms with Crippen LogP contribution in [-0.4, -0.2) is 31.4 Å². The summed E-state index contributed by atoms with van der Waals surface area (Å²) in [7, 11) is 0. The summed E-state index contributed by atoms with van der Waals surface area (Å²) in [6.07, 6.45) is 1.63. The SMILES string of the molecule is NNC(=O)CSc1nnc(Cn2c(-c3ccco3)nc3ccccc32)s1. The first-order chi connectivity index (χ1) is 12.7. The van der Waals surface area contributed by atoms with Gasteiger partial charge in [0, 0.05) is 0 Å². The van der Waals surface area contributed by atoms with Gasteiger partial charge >= 0.3 is 0 Å². The van der Waals surface area contributed by atoms with E-state index < -0.39 is 0 Å². The Hall–Kier alpha value is -2.69. The van der Waals surface area contributed by atoms with Crippen LogP contribution in [0.2, 0.25) is 0 Å². The van der Waals surface area contributed by atoms with Gasteiger partial charge in [-0.3, -0.25) is 10.2 Å². The number of furan rings is 1. The molecule has 4 rings (SSSR count). The van der Waals surface area contributed by atoms with Crippen LogP contribution in [0.1, 0.15) is 5.01 Å². The van der Waals surface area contributed by atoms with Crippen molar-refractivity contribution in [2.75, 3.05) is 5.75 Å². The second kappa shape index (κ2) is 7.28. The summed E-state index contributed by atoms with van der Waals surface area (Å²) in [6.45, 7) is 0.512. The van der Waals surface area contributed by atoms with Gasteiger partial charge in [0.05, 0.1) is 29.6 Å². The maximum absolute atomic E-state index is 11.2. The van der Waals surface area contributed by atoms with Crippen molar-refractivity contribution in [3.05, 3.63) is 47.7 Å². The van der Waals surface area contributed by atoms with Crippen LogP contribution in [-0.2, 0) is 11.3 Å². The minimum atomic E-state index is -0.257. The molecule has 0 aliphatic rings. The molecule has 10 heteroatoms. The number of fused-ring (bicyclic) bond motifs is 1. The predicted octanol–water partition coefficient (Wildman–Crippen LogP) is 2.28. The number of thioether (sulfide) groups is 1. The fraction of sp³-hybridized carbons (Fsp3) is 0.125. The summed E-state index contributed by atoms with van der Waals surface area (Å²) in [5.41, 5.74) is 3.97. The van der Waals surface area contributed by atoms with Crippen molar-refractivity contribution in [3.63, 3.8) is 0 Å². The van der Waals surface area contributed by atoms with Gasteiger partial charge in [-0.05, 0) is 24.3 Å². The summed E-state index contributed by atoms with van der Waals surface area (Å²) < 4.78 is 8.30. The molecule has 8 nitrogen and oxygen atoms in total. The molecule has 0 atom stereocenters. The highest BCUT2D eigenvalue weighted by atomic mass is 32.2. The van der Waals surface area contributed by atoms with E-state index in [1.54, 1.807) is 6.26 Å². The van der Waals surface area contributed by atoms with Crippen molar-refractivity contribution >= 4 is 40.0 Å². The molecule has 1 aromatic carbocycles. The van der Waals surface area contributed by atoms with Gasteiger partial charge in [0.2, 0.25) is 5.91 Å². The number of nitrogens with one attached hydrogen (secondary N) is 1. The molecule has 0 saturated heterocycles. The second-order valence-electron chi connectivity index (χ2n) is 5.31. The van der Waals surface area contributed by atoms with Crippen LogP contribution in [0.5, 0.6) is 0 Å². The Bertz CT molecular complexity index is 1040. The number of aromatic nitrogens is 4. The lowest BCUT2D eigenvalue weighted by Crippen LogP contribution is -2.31. The van der Waals surface area contributed by atoms with E-state index in [9.17, 15) is 4.79 Å². The zero-order valence-corrected chi connectivity index (χ0v) is 15.1. The number of rotatable bonds is 6. The molecule has 0 bridgehead atoms. The van der Waals surface area contributed by atoms with E-state index in [1.807, 2.05) is 36.4 Å². The van der Waals surface area contributed by atoms with Crippen molar-refractivity contribution in [3.8, 4) is 11.6 Å². The van der Waals surface area contributed by atoms with E-state index in [0.717, 1.165) is 21.9 Å². The topological polar surface area (TPSA) is 112 Å². The first-order valence-electron chi connectivity index (χ1n) is 7.68. The number of imidazole rings is 1. The van der Waals surface area contributed by atoms with Crippen molar-refractivity contribution in [2.45, 2.75) is 10.9 Å². The van der Waals surface area contributed by atoms with Crippen LogP contribution >= 0.6 is 23.1 Å². The van der Waals surface area contributed by atoms with Gasteiger partial charge in [-0.2, -0.15) is 0 Å². The van der Waals surface area contributed by atoms with Crippen LogP contribution in [0.3, 0.4) is 0 Å². The number of amides is 1. The highest BCUT2D eigenvalue weighted by Gasteiger charge is 2.16. The highest BCUT2D eigenvalue weighted by Crippen LogP contribution is 2.28. The lowest BCUT2D eigenvalue weighted by Gasteiger charge is -2.05. The van der Waals surface area contributed by atoms with Gasteiger partial charge in [-0.15, -0.1) is 10.2 Å². The molecule has 3 aromatic heterocycles. The van der Waals surface area contributed by atoms with Crippen LogP contribution in [0.4, 0.5) is 0 Å². The van der Waals surface area contributed by atoms with Gasteiger partial charge in [-0.25, -0.2) is 10.8 Å². The molecular weight excluding hydrogens is 372 g/mol. The zero-order chi connectivity index (χ0) is 17.9. The summed E-state index contributed by atoms with van der Waals surface area (Å²) >= 11 is 2.74. The number of carbonyl (C=O) groups excluding carboxylic acids is 1. The van der Waals surface area contributed by atoms with Gasteiger partial charge in [0.25, 0.3) is 0 Å². The third kappa shape index (κ3) is 3.34. The van der Waals surface area contributed by atoms with E-state index in [-0.39, 0.29) is 11.7 Å². The molecule has 0 saturated carbocycles. The first kappa shape index (κ1) is 16.8. The van der Waals surface area contributed by atoms with E-state index in [2.05, 4.69) is 25.2 Å². The lowest BCUT2D eigenvalue weighted by atomic mass is 10.3. The second-order valence-corrected chi connectivity index (χ2v) is 7.59. The third-order valence-corrected chi connectivity index (χ3v) is 5.67. The Morgan fingerprint density at radius 1 is 1.27 bits per heavy atom. The Labute approximate surface area is 156 Å². The van der Waals surface area contributed by atoms with Crippen LogP contribution < -0.4 is 11.3 Å². The molecule has 26 heavy (non-hydrogen) atoms. The van der Waals surface area contributed by atoms with Gasteiger partial charge in [0.15, 0.2) is 15.9 Å². The average molecular weight is 386 g/mol. The number of hydrazine groups is 1. The third-order valence-electron chi connectivity index (χ3n) is 3.63. The summed E-state index contributed by atoms with van der Waals surface area (Å²) in [4.78, 5) is 15.9. The minimum absolute atomic E-state index is 0.205. The van der Waals surface area contributed by atoms with Crippen LogP contribution in [0.25, 0.3) is 22.6 Å². The quantitative estimate of drug-likeness (QED) is 0.226. The Balaban J connectivity index is 1.64. The maximum Gasteiger partial charge on any atom is 0.244 e. The number of hydrogen-bond donors (Lipinski definition) is 2. The average Bonchev–Trinajstić information content (AvgIpc) is 3.40. The molecule has 3 heterocycles. The molecule has 132 valence electrons. The van der Waals surface area contributed by atoms with Crippen molar-refractivity contribution < 1.29 is 9.21 Å². The van der Waals surface area contributed by atoms with E-state index in [1.165, 1.54) is 23.1 Å². The number of nitrogens with zero attached hydrogens (tertiary/aromatic N) is 4. The highest BCUT2D eigenvalue weighted by molar-refractivity contribution is 8.01. The lowest BCUT2D eigenvalue weighted by molar-refractivity contribution is -0.118. The first-order valence-corrected chi connectivity index (χ1v) is 9.48. The molecule has 0 unspecified atom stereocenters. The molecule has 0 aliphatic heterocycles. The van der Waals surface area contributed by atoms with Gasteiger partial charge in [0.1, 0.15) is 5.01 Å². The van der Waals surface area contributed by atoms with Crippen LogP contribution in [0.15, 0.2) is 51.4 Å². The Morgan fingerprint density at radius 3 is 2.96 bits per heavy atom. The molecule has 0 radical (unpaired) electrons. The molecule has 0 aliphatic carbocycles. The number of nitrogens with two attached hydrogens (primary N) is 1. The van der Waals surface area contributed by atoms with E-state index in [0.29, 0.717) is 16.6 Å². The molecule has 1 amide bonds. The number of carbonyl (C=O) groups is 1. The maximum atomic E-state index is 11.2. The fourth-order valence-corrected chi connectivity index (χ4v) is 4.19. The number of hydrogen-bond acceptors (Lipinski definition) is 8. The smallest absolute Gasteiger partial charge is 0.244 e. The van der Waals surface area contributed by atoms with Crippen LogP contribution in [0, 0.1) is 0 Å². The van der Waals surface area contributed by atoms with E-state index >= 15 is 0 Å². The predicted molar refractivity (Wildman–Crippen MR) is 99.5 cm³/mol. The molecule has 3 N–H and O–H groups in total. The molecule has 0 spiro atoms. The zero-order valence-electron chi connectivity index (χ0n) is 13.5. The summed E-state index contributed by atoms with van der Waals surface area (Å²) in [5.74, 6) is 6.46. The summed E-state index contributed by atoms with van der Waals surface area (Å²) in [6, 6.07) is 11.6. The Morgan fingerprint density at radius 2 is 2.15 bits per heavy atom. The van der Waals surface area contributed by atoms with Crippen molar-refractivity contribution in [2.24, 2.45) is 5.84 Å². The van der Waals surface area contributed by atoms with Crippen molar-refractivity contribution in [1.82, 2.24) is 25.2 Å². The normalized spacial score (nSPS) is 11.1. The van der Waals surface area contributed by atoms with Crippen molar-refractivity contribution in [1.29, 1.82) is 0 Å². The monoisotopic (exact) mass is 386 g/mol. The molecular formula is C16H14N6O2S2. The largest absolute Gasteiger partial charge is 0.461 e. The van der Waals surface area contributed by atoms with E-state index in [4.69, 9.17) is 10.3 Å². The summed E-state index contributed by atoms with van der Waals surface area (Å²) in [5, 5.41) is 9.17. The number of benzene rings is 1. The number of para-hydroxylation sites is 2. The van der Waals surface area contributed by atoms with Gasteiger partial charge < -0.3 is 8.98 Å².